The van der Waals surface area contributed by atoms with Crippen LogP contribution in [0.4, 0.5) is 5.82 Å². The molecule has 0 aliphatic carbocycles. The molecule has 2 unspecified atom stereocenters. The molecular formula is C12H20N6O. The van der Waals surface area contributed by atoms with Gasteiger partial charge in [-0.3, -0.25) is 9.69 Å². The molecule has 104 valence electrons. The summed E-state index contributed by atoms with van der Waals surface area (Å²) in [5.41, 5.74) is 2.74. The number of hydrogen-bond acceptors (Lipinski definition) is 6. The third-order valence-corrected chi connectivity index (χ3v) is 3.67. The molecule has 0 aromatic carbocycles. The zero-order chi connectivity index (χ0) is 14.0. The number of carbonyl (C=O) groups is 1. The van der Waals surface area contributed by atoms with E-state index in [1.807, 2.05) is 4.90 Å². The predicted octanol–water partition coefficient (Wildman–Crippen LogP) is -0.0732. The fourth-order valence-electron chi connectivity index (χ4n) is 2.25. The molecule has 19 heavy (non-hydrogen) atoms. The second-order valence-electron chi connectivity index (χ2n) is 5.00. The molecule has 0 spiro atoms. The lowest BCUT2D eigenvalue weighted by molar-refractivity contribution is 0.0409. The first-order valence-electron chi connectivity index (χ1n) is 6.32. The average molecular weight is 264 g/mol. The number of hydrogen-bond donors (Lipinski definition) is 2. The Hall–Kier alpha value is -1.73. The van der Waals surface area contributed by atoms with Gasteiger partial charge in [-0.25, -0.2) is 15.8 Å². The predicted molar refractivity (Wildman–Crippen MR) is 72.4 cm³/mol. The Balaban J connectivity index is 2.10. The van der Waals surface area contributed by atoms with Gasteiger partial charge in [-0.15, -0.1) is 0 Å². The van der Waals surface area contributed by atoms with Crippen LogP contribution in [0.5, 0.6) is 0 Å². The molecule has 1 aromatic heterocycles. The summed E-state index contributed by atoms with van der Waals surface area (Å²) in [4.78, 5) is 24.5. The molecule has 1 saturated heterocycles. The van der Waals surface area contributed by atoms with Crippen LogP contribution in [0.25, 0.3) is 0 Å². The smallest absolute Gasteiger partial charge is 0.274 e. The molecule has 1 fully saturated rings. The lowest BCUT2D eigenvalue weighted by Crippen LogP contribution is -2.56. The first-order chi connectivity index (χ1) is 9.02. The van der Waals surface area contributed by atoms with Gasteiger partial charge in [-0.2, -0.15) is 0 Å². The van der Waals surface area contributed by atoms with Gasteiger partial charge in [-0.05, 0) is 20.9 Å². The topological polar surface area (TPSA) is 87.4 Å². The largest absolute Gasteiger partial charge is 0.334 e. The summed E-state index contributed by atoms with van der Waals surface area (Å²) in [6, 6.07) is 0.677. The van der Waals surface area contributed by atoms with Gasteiger partial charge in [0.05, 0.1) is 12.4 Å². The van der Waals surface area contributed by atoms with Crippen LogP contribution in [0.2, 0.25) is 0 Å². The number of nitrogens with one attached hydrogen (secondary N) is 1. The van der Waals surface area contributed by atoms with Gasteiger partial charge >= 0.3 is 0 Å². The monoisotopic (exact) mass is 264 g/mol. The molecule has 0 bridgehead atoms. The number of piperazine rings is 1. The minimum atomic E-state index is -0.0807. The first-order valence-corrected chi connectivity index (χ1v) is 6.32. The van der Waals surface area contributed by atoms with E-state index in [4.69, 9.17) is 5.84 Å². The molecular weight excluding hydrogens is 244 g/mol. The zero-order valence-electron chi connectivity index (χ0n) is 11.5. The van der Waals surface area contributed by atoms with Gasteiger partial charge in [-0.1, -0.05) is 0 Å². The molecule has 7 heteroatoms. The molecule has 3 N–H and O–H groups in total. The van der Waals surface area contributed by atoms with E-state index in [0.29, 0.717) is 36.7 Å². The number of anilines is 1. The van der Waals surface area contributed by atoms with Gasteiger partial charge < -0.3 is 10.3 Å². The molecule has 1 aliphatic heterocycles. The van der Waals surface area contributed by atoms with E-state index in [9.17, 15) is 4.79 Å². The van der Waals surface area contributed by atoms with Gasteiger partial charge in [0.25, 0.3) is 5.91 Å². The van der Waals surface area contributed by atoms with Crippen LogP contribution in [-0.2, 0) is 0 Å². The van der Waals surface area contributed by atoms with Crippen molar-refractivity contribution in [1.29, 1.82) is 0 Å². The third-order valence-electron chi connectivity index (χ3n) is 3.67. The Morgan fingerprint density at radius 2 is 1.95 bits per heavy atom. The van der Waals surface area contributed by atoms with Gasteiger partial charge in [0.1, 0.15) is 5.69 Å². The normalized spacial score (nSPS) is 24.3. The standard InChI is InChI=1S/C12H20N6O/c1-8-6-18(7-9(2)17(8)3)12(19)10-4-15-11(16-13)5-14-10/h4-5,8-9H,6-7,13H2,1-3H3,(H,15,16). The fraction of sp³-hybridized carbons (Fsp3) is 0.583. The second-order valence-corrected chi connectivity index (χ2v) is 5.00. The SMILES string of the molecule is CC1CN(C(=O)c2cnc(NN)cn2)CC(C)N1C. The van der Waals surface area contributed by atoms with E-state index in [0.717, 1.165) is 0 Å². The van der Waals surface area contributed by atoms with E-state index in [1.54, 1.807) is 0 Å². The molecule has 1 amide bonds. The highest BCUT2D eigenvalue weighted by atomic mass is 16.2. The Kier molecular flexibility index (Phi) is 3.96. The van der Waals surface area contributed by atoms with Crippen LogP contribution in [0, 0.1) is 0 Å². The summed E-state index contributed by atoms with van der Waals surface area (Å²) >= 11 is 0. The van der Waals surface area contributed by atoms with Crippen molar-refractivity contribution < 1.29 is 4.79 Å². The van der Waals surface area contributed by atoms with E-state index >= 15 is 0 Å². The van der Waals surface area contributed by atoms with Crippen molar-refractivity contribution in [1.82, 2.24) is 19.8 Å². The number of nitrogens with two attached hydrogens (primary N) is 1. The minimum absolute atomic E-state index is 0.0807. The molecule has 7 nitrogen and oxygen atoms in total. The van der Waals surface area contributed by atoms with Crippen molar-refractivity contribution in [3.8, 4) is 0 Å². The summed E-state index contributed by atoms with van der Waals surface area (Å²) in [5.74, 6) is 5.58. The Morgan fingerprint density at radius 1 is 1.32 bits per heavy atom. The highest BCUT2D eigenvalue weighted by Gasteiger charge is 2.30. The van der Waals surface area contributed by atoms with Crippen molar-refractivity contribution in [3.63, 3.8) is 0 Å². The number of nitrogen functional groups attached to an aromatic ring is 1. The molecule has 0 radical (unpaired) electrons. The van der Waals surface area contributed by atoms with Gasteiger partial charge in [0.2, 0.25) is 0 Å². The number of carbonyl (C=O) groups excluding carboxylic acids is 1. The quantitative estimate of drug-likeness (QED) is 0.574. The molecule has 1 aliphatic rings. The van der Waals surface area contributed by atoms with Crippen LogP contribution in [0.3, 0.4) is 0 Å². The maximum absolute atomic E-state index is 12.4. The Morgan fingerprint density at radius 3 is 2.42 bits per heavy atom. The lowest BCUT2D eigenvalue weighted by atomic mass is 10.1. The van der Waals surface area contributed by atoms with Crippen LogP contribution in [0.15, 0.2) is 12.4 Å². The second kappa shape index (κ2) is 5.50. The molecule has 2 rings (SSSR count). The summed E-state index contributed by atoms with van der Waals surface area (Å²) in [7, 11) is 2.08. The van der Waals surface area contributed by atoms with Crippen molar-refractivity contribution in [2.24, 2.45) is 5.84 Å². The number of nitrogens with zero attached hydrogens (tertiary/aromatic N) is 4. The molecule has 1 aromatic rings. The Bertz CT molecular complexity index is 436. The summed E-state index contributed by atoms with van der Waals surface area (Å²) in [5, 5.41) is 0. The lowest BCUT2D eigenvalue weighted by Gasteiger charge is -2.42. The van der Waals surface area contributed by atoms with Crippen LogP contribution < -0.4 is 11.3 Å². The maximum atomic E-state index is 12.4. The van der Waals surface area contributed by atoms with Crippen LogP contribution >= 0.6 is 0 Å². The summed E-state index contributed by atoms with van der Waals surface area (Å²) in [6.45, 7) is 5.64. The summed E-state index contributed by atoms with van der Waals surface area (Å²) < 4.78 is 0. The minimum Gasteiger partial charge on any atom is -0.334 e. The van der Waals surface area contributed by atoms with Crippen molar-refractivity contribution in [2.45, 2.75) is 25.9 Å². The van der Waals surface area contributed by atoms with E-state index in [-0.39, 0.29) is 5.91 Å². The van der Waals surface area contributed by atoms with Crippen molar-refractivity contribution in [2.75, 3.05) is 25.6 Å². The molecule has 2 atom stereocenters. The van der Waals surface area contributed by atoms with E-state index in [1.165, 1.54) is 12.4 Å². The molecule has 2 heterocycles. The highest BCUT2D eigenvalue weighted by Crippen LogP contribution is 2.15. The number of hydrazine groups is 1. The number of aromatic nitrogens is 2. The fourth-order valence-corrected chi connectivity index (χ4v) is 2.25. The van der Waals surface area contributed by atoms with Crippen LogP contribution in [0.1, 0.15) is 24.3 Å². The highest BCUT2D eigenvalue weighted by molar-refractivity contribution is 5.92. The van der Waals surface area contributed by atoms with E-state index in [2.05, 4.69) is 41.2 Å². The maximum Gasteiger partial charge on any atom is 0.274 e. The average Bonchev–Trinajstić information content (AvgIpc) is 2.43. The number of likely N-dealkylation sites (N-methyl/N-ethyl adjacent to an activating group) is 1. The number of amides is 1. The summed E-state index contributed by atoms with van der Waals surface area (Å²) in [6.07, 6.45) is 2.90. The van der Waals surface area contributed by atoms with Crippen molar-refractivity contribution >= 4 is 11.7 Å². The number of rotatable bonds is 2. The van der Waals surface area contributed by atoms with Gasteiger partial charge in [0.15, 0.2) is 5.82 Å². The molecule has 0 saturated carbocycles. The third kappa shape index (κ3) is 2.82. The van der Waals surface area contributed by atoms with Crippen LogP contribution in [-0.4, -0.2) is 57.9 Å². The van der Waals surface area contributed by atoms with Crippen molar-refractivity contribution in [3.05, 3.63) is 18.1 Å². The Labute approximate surface area is 112 Å². The zero-order valence-corrected chi connectivity index (χ0v) is 11.5. The van der Waals surface area contributed by atoms with Gasteiger partial charge in [0, 0.05) is 25.2 Å². The first kappa shape index (κ1) is 13.7. The van der Waals surface area contributed by atoms with E-state index < -0.39 is 0 Å².